The number of urea groups is 2. The smallest absolute Gasteiger partial charge is 0.333 e. The zero-order valence-corrected chi connectivity index (χ0v) is 23.2. The molecule has 0 aromatic carbocycles. The number of likely N-dealkylation sites (N-methyl/N-ethyl adjacent to an activating group) is 4. The van der Waals surface area contributed by atoms with E-state index in [1.165, 1.54) is 59.6 Å². The van der Waals surface area contributed by atoms with Gasteiger partial charge < -0.3 is 9.80 Å². The van der Waals surface area contributed by atoms with Crippen LogP contribution in [-0.2, 0) is 19.2 Å². The summed E-state index contributed by atoms with van der Waals surface area (Å²) < 4.78 is 0. The fourth-order valence-electron chi connectivity index (χ4n) is 4.54. The van der Waals surface area contributed by atoms with Gasteiger partial charge in [-0.1, -0.05) is 0 Å². The van der Waals surface area contributed by atoms with Gasteiger partial charge in [0.15, 0.2) is 0 Å². The maximum absolute atomic E-state index is 11.9. The quantitative estimate of drug-likeness (QED) is 0.390. The average molecular weight is 541 g/mol. The van der Waals surface area contributed by atoms with Gasteiger partial charge in [0.2, 0.25) is 0 Å². The van der Waals surface area contributed by atoms with Gasteiger partial charge in [-0.05, 0) is 62.6 Å². The van der Waals surface area contributed by atoms with E-state index in [0.29, 0.717) is 0 Å². The minimum atomic E-state index is -0.600. The number of nitrogens with zero attached hydrogens (tertiary/aromatic N) is 6. The third-order valence-electron chi connectivity index (χ3n) is 7.10. The Bertz CT molecular complexity index is 1130. The number of carbonyl (C=O) groups excluding carboxylic acids is 6. The third-order valence-corrected chi connectivity index (χ3v) is 7.10. The molecular weight excluding hydrogens is 504 g/mol. The van der Waals surface area contributed by atoms with Crippen molar-refractivity contribution in [1.29, 1.82) is 0 Å². The highest BCUT2D eigenvalue weighted by atomic mass is 16.2. The Morgan fingerprint density at radius 3 is 1.44 bits per heavy atom. The lowest BCUT2D eigenvalue weighted by molar-refractivity contribution is -0.136. The van der Waals surface area contributed by atoms with Crippen LogP contribution in [0.1, 0.15) is 32.1 Å². The van der Waals surface area contributed by atoms with Crippen molar-refractivity contribution in [3.63, 3.8) is 0 Å². The van der Waals surface area contributed by atoms with Gasteiger partial charge in [-0.25, -0.2) is 9.59 Å². The van der Waals surface area contributed by atoms with E-state index in [-0.39, 0.29) is 11.1 Å². The number of hydrogen-bond donors (Lipinski definition) is 0. The van der Waals surface area contributed by atoms with Crippen LogP contribution in [0.5, 0.6) is 0 Å². The van der Waals surface area contributed by atoms with Gasteiger partial charge >= 0.3 is 12.1 Å². The summed E-state index contributed by atoms with van der Waals surface area (Å²) in [6.45, 7) is 2.98. The highest BCUT2D eigenvalue weighted by molar-refractivity contribution is 6.29. The van der Waals surface area contributed by atoms with Crippen molar-refractivity contribution in [2.24, 2.45) is 0 Å². The molecular formula is C27H36N6O6. The highest BCUT2D eigenvalue weighted by Gasteiger charge is 2.38. The molecule has 0 bridgehead atoms. The van der Waals surface area contributed by atoms with Crippen LogP contribution in [0.15, 0.2) is 47.3 Å². The first-order valence-corrected chi connectivity index (χ1v) is 12.9. The Morgan fingerprint density at radius 2 is 1.00 bits per heavy atom. The first-order chi connectivity index (χ1) is 18.5. The molecule has 0 aliphatic carbocycles. The second-order valence-electron chi connectivity index (χ2n) is 9.80. The molecule has 4 aliphatic rings. The number of allylic oxidation sites excluding steroid dienone is 5. The van der Waals surface area contributed by atoms with E-state index in [1.54, 1.807) is 12.2 Å². The van der Waals surface area contributed by atoms with Crippen molar-refractivity contribution >= 4 is 35.7 Å². The summed E-state index contributed by atoms with van der Waals surface area (Å²) in [7, 11) is 7.46. The zero-order chi connectivity index (χ0) is 28.9. The van der Waals surface area contributed by atoms with Crippen molar-refractivity contribution in [3.8, 4) is 0 Å². The van der Waals surface area contributed by atoms with Crippen molar-refractivity contribution in [2.75, 3.05) is 54.9 Å². The van der Waals surface area contributed by atoms with Gasteiger partial charge in [0.1, 0.15) is 11.1 Å². The van der Waals surface area contributed by atoms with E-state index in [9.17, 15) is 28.8 Å². The third kappa shape index (κ3) is 6.44. The van der Waals surface area contributed by atoms with Gasteiger partial charge in [-0.3, -0.25) is 38.8 Å². The highest BCUT2D eigenvalue weighted by Crippen LogP contribution is 2.20. The summed E-state index contributed by atoms with van der Waals surface area (Å²) in [6.07, 6.45) is 14.0. The van der Waals surface area contributed by atoms with Crippen LogP contribution in [0.3, 0.4) is 0 Å². The molecule has 0 aromatic rings. The largest absolute Gasteiger partial charge is 0.378 e. The number of hydrogen-bond acceptors (Lipinski definition) is 8. The van der Waals surface area contributed by atoms with E-state index >= 15 is 0 Å². The fourth-order valence-corrected chi connectivity index (χ4v) is 4.54. The molecule has 0 N–H and O–H groups in total. The Kier molecular flexibility index (Phi) is 9.44. The molecule has 4 rings (SSSR count). The number of rotatable bonds is 3. The summed E-state index contributed by atoms with van der Waals surface area (Å²) in [5, 5.41) is 0. The monoisotopic (exact) mass is 540 g/mol. The van der Waals surface area contributed by atoms with Gasteiger partial charge in [0, 0.05) is 60.6 Å². The molecule has 8 amide bonds. The van der Waals surface area contributed by atoms with Gasteiger partial charge in [-0.15, -0.1) is 0 Å². The van der Waals surface area contributed by atoms with Crippen molar-refractivity contribution < 1.29 is 28.8 Å². The van der Waals surface area contributed by atoms with E-state index < -0.39 is 35.7 Å². The molecule has 4 fully saturated rings. The Morgan fingerprint density at radius 1 is 0.538 bits per heavy atom. The van der Waals surface area contributed by atoms with Crippen molar-refractivity contribution in [3.05, 3.63) is 47.3 Å². The predicted molar refractivity (Wildman–Crippen MR) is 143 cm³/mol. The van der Waals surface area contributed by atoms with Crippen LogP contribution < -0.4 is 0 Å². The molecule has 0 atom stereocenters. The maximum Gasteiger partial charge on any atom is 0.333 e. The standard InChI is InChI=1S/C14H19N3O3.C13H17N3O3/c1-15-12(18)11(13(19)16(2)14(15)20)7-6-10-17-8-4-3-5-9-17;1-14-8-4-5-9(14)6-7-10-11(17)15(2)13(19)16(3)12(10)18/h6-7,10H,3-5,8-9H2,1-2H3;6-7H,4-5,8H2,1-3H3/b10-6+;9-6+. The number of barbiturate groups is 2. The van der Waals surface area contributed by atoms with E-state index in [1.807, 2.05) is 13.2 Å². The summed E-state index contributed by atoms with van der Waals surface area (Å²) >= 11 is 0. The first-order valence-electron chi connectivity index (χ1n) is 12.9. The molecule has 0 saturated carbocycles. The van der Waals surface area contributed by atoms with Crippen LogP contribution in [0.2, 0.25) is 0 Å². The normalized spacial score (nSPS) is 22.0. The minimum Gasteiger partial charge on any atom is -0.378 e. The number of piperidine rings is 1. The number of amides is 8. The molecule has 210 valence electrons. The van der Waals surface area contributed by atoms with Gasteiger partial charge in [-0.2, -0.15) is 0 Å². The number of imide groups is 4. The fraction of sp³-hybridized carbons (Fsp3) is 0.481. The molecule has 4 aliphatic heterocycles. The molecule has 4 saturated heterocycles. The lowest BCUT2D eigenvalue weighted by Crippen LogP contribution is -2.53. The Balaban J connectivity index is 0.000000216. The molecule has 4 heterocycles. The maximum atomic E-state index is 11.9. The Labute approximate surface area is 228 Å². The number of likely N-dealkylation sites (tertiary alicyclic amines) is 2. The van der Waals surface area contributed by atoms with E-state index in [0.717, 1.165) is 57.8 Å². The topological polar surface area (TPSA) is 122 Å². The molecule has 12 heteroatoms. The summed E-state index contributed by atoms with van der Waals surface area (Å²) in [4.78, 5) is 78.9. The minimum absolute atomic E-state index is 0.0165. The second kappa shape index (κ2) is 12.5. The van der Waals surface area contributed by atoms with Crippen LogP contribution >= 0.6 is 0 Å². The molecule has 0 radical (unpaired) electrons. The molecule has 0 spiro atoms. The van der Waals surface area contributed by atoms with E-state index in [2.05, 4.69) is 9.80 Å². The summed E-state index contributed by atoms with van der Waals surface area (Å²) in [6, 6.07) is -1.20. The average Bonchev–Trinajstić information content (AvgIpc) is 3.35. The zero-order valence-electron chi connectivity index (χ0n) is 23.2. The number of carbonyl (C=O) groups is 6. The van der Waals surface area contributed by atoms with Gasteiger partial charge in [0.25, 0.3) is 23.6 Å². The SMILES string of the molecule is CN1C(=O)C(=C/C=C/N2CCCCC2)C(=O)N(C)C1=O.CN1C(=O)C(=C/C=C2\CCCN2C)C(=O)N(C)C1=O. The van der Waals surface area contributed by atoms with Crippen LogP contribution in [0.4, 0.5) is 9.59 Å². The van der Waals surface area contributed by atoms with Crippen LogP contribution in [0.25, 0.3) is 0 Å². The van der Waals surface area contributed by atoms with Crippen molar-refractivity contribution in [2.45, 2.75) is 32.1 Å². The van der Waals surface area contributed by atoms with E-state index in [4.69, 9.17) is 0 Å². The molecule has 12 nitrogen and oxygen atoms in total. The van der Waals surface area contributed by atoms with Gasteiger partial charge in [0.05, 0.1) is 0 Å². The Hall–Kier alpha value is -4.22. The van der Waals surface area contributed by atoms with Crippen LogP contribution in [-0.4, -0.2) is 120 Å². The molecule has 39 heavy (non-hydrogen) atoms. The molecule has 0 unspecified atom stereocenters. The predicted octanol–water partition coefficient (Wildman–Crippen LogP) is 1.54. The summed E-state index contributed by atoms with van der Waals surface area (Å²) in [5.41, 5.74) is 1.13. The first kappa shape index (κ1) is 29.3. The second-order valence-corrected chi connectivity index (χ2v) is 9.80. The summed E-state index contributed by atoms with van der Waals surface area (Å²) in [5.74, 6) is -2.21. The lowest BCUT2D eigenvalue weighted by atomic mass is 10.1. The van der Waals surface area contributed by atoms with Crippen LogP contribution in [0, 0.1) is 0 Å². The lowest BCUT2D eigenvalue weighted by Gasteiger charge is -2.28. The van der Waals surface area contributed by atoms with Crippen molar-refractivity contribution in [1.82, 2.24) is 29.4 Å². The molecule has 0 aromatic heterocycles.